The van der Waals surface area contributed by atoms with Gasteiger partial charge in [-0.25, -0.2) is 0 Å². The number of aliphatic hydroxyl groups is 1. The van der Waals surface area contributed by atoms with Crippen LogP contribution in [-0.2, 0) is 16.0 Å². The van der Waals surface area contributed by atoms with E-state index in [1.165, 1.54) is 29.3 Å². The van der Waals surface area contributed by atoms with Gasteiger partial charge in [0.1, 0.15) is 0 Å². The number of aromatic amines is 1. The molecular weight excluding hydrogens is 408 g/mol. The van der Waals surface area contributed by atoms with E-state index in [1.54, 1.807) is 0 Å². The van der Waals surface area contributed by atoms with Crippen LogP contribution in [0.2, 0.25) is 0 Å². The van der Waals surface area contributed by atoms with E-state index in [0.29, 0.717) is 12.3 Å². The van der Waals surface area contributed by atoms with Crippen molar-refractivity contribution in [2.45, 2.75) is 36.2 Å². The number of nitrogens with one attached hydrogen (secondary N) is 1. The average molecular weight is 433 g/mol. The number of esters is 1. The zero-order valence-electron chi connectivity index (χ0n) is 15.4. The second-order valence-electron chi connectivity index (χ2n) is 8.25. The van der Waals surface area contributed by atoms with Gasteiger partial charge >= 0.3 is 5.97 Å². The van der Waals surface area contributed by atoms with Crippen LogP contribution >= 0.6 is 15.9 Å². The van der Waals surface area contributed by atoms with Gasteiger partial charge in [0.15, 0.2) is 0 Å². The SMILES string of the molecule is COC(=O)[C@@H]1[C@@H]2C[C@H]3c4[nH]c5ccccc5c4CCN3C[C@@H]2[C@H](Br)C[C@@H]1O. The van der Waals surface area contributed by atoms with Gasteiger partial charge in [-0.2, -0.15) is 0 Å². The number of fused-ring (bicyclic) bond motifs is 6. The quantitative estimate of drug-likeness (QED) is 0.536. The highest BCUT2D eigenvalue weighted by Crippen LogP contribution is 2.50. The van der Waals surface area contributed by atoms with Crippen molar-refractivity contribution in [3.05, 3.63) is 35.5 Å². The Kier molecular flexibility index (Phi) is 4.33. The summed E-state index contributed by atoms with van der Waals surface area (Å²) in [6.07, 6.45) is 1.91. The van der Waals surface area contributed by atoms with E-state index in [0.717, 1.165) is 25.9 Å². The van der Waals surface area contributed by atoms with Crippen LogP contribution in [0.4, 0.5) is 0 Å². The van der Waals surface area contributed by atoms with Crippen LogP contribution in [0, 0.1) is 17.8 Å². The number of piperidine rings is 1. The number of nitrogens with zero attached hydrogens (tertiary/aromatic N) is 1. The maximum Gasteiger partial charge on any atom is 0.311 e. The summed E-state index contributed by atoms with van der Waals surface area (Å²) in [6, 6.07) is 8.78. The topological polar surface area (TPSA) is 65.6 Å². The van der Waals surface area contributed by atoms with Crippen molar-refractivity contribution in [1.82, 2.24) is 9.88 Å². The second kappa shape index (κ2) is 6.61. The van der Waals surface area contributed by atoms with Crippen LogP contribution in [0.5, 0.6) is 0 Å². The van der Waals surface area contributed by atoms with Gasteiger partial charge in [-0.15, -0.1) is 0 Å². The minimum Gasteiger partial charge on any atom is -0.469 e. The first-order chi connectivity index (χ1) is 13.1. The summed E-state index contributed by atoms with van der Waals surface area (Å²) in [6.45, 7) is 2.01. The normalized spacial score (nSPS) is 36.0. The first-order valence-electron chi connectivity index (χ1n) is 9.82. The molecule has 5 nitrogen and oxygen atoms in total. The van der Waals surface area contributed by atoms with E-state index in [4.69, 9.17) is 4.74 Å². The van der Waals surface area contributed by atoms with Gasteiger partial charge in [0.2, 0.25) is 0 Å². The highest BCUT2D eigenvalue weighted by atomic mass is 79.9. The Bertz CT molecular complexity index is 881. The molecule has 5 rings (SSSR count). The van der Waals surface area contributed by atoms with E-state index < -0.39 is 12.0 Å². The van der Waals surface area contributed by atoms with E-state index in [2.05, 4.69) is 50.1 Å². The van der Waals surface area contributed by atoms with Crippen molar-refractivity contribution in [2.24, 2.45) is 17.8 Å². The summed E-state index contributed by atoms with van der Waals surface area (Å²) >= 11 is 3.80. The van der Waals surface area contributed by atoms with Crippen LogP contribution in [0.15, 0.2) is 24.3 Å². The zero-order valence-corrected chi connectivity index (χ0v) is 17.0. The number of aromatic nitrogens is 1. The summed E-state index contributed by atoms with van der Waals surface area (Å²) in [5.41, 5.74) is 3.92. The molecule has 2 aromatic rings. The number of carbonyl (C=O) groups is 1. The maximum absolute atomic E-state index is 12.5. The molecule has 1 aliphatic carbocycles. The Morgan fingerprint density at radius 2 is 2.11 bits per heavy atom. The summed E-state index contributed by atoms with van der Waals surface area (Å²) < 4.78 is 5.06. The fourth-order valence-corrected chi connectivity index (χ4v) is 6.74. The van der Waals surface area contributed by atoms with E-state index in [-0.39, 0.29) is 22.8 Å². The van der Waals surface area contributed by atoms with Gasteiger partial charge in [-0.05, 0) is 42.7 Å². The number of H-pyrrole nitrogens is 1. The standard InChI is InChI=1S/C21H25BrN2O3/c1-27-21(26)19-13-8-17-20-12(11-4-2-3-5-16(11)23-20)6-7-24(17)10-14(13)15(22)9-18(19)25/h2-5,13-15,17-19,23,25H,6-10H2,1H3/t13-,14+,15-,17+,18+,19-/m1/s1. The number of rotatable bonds is 1. The number of hydrogen-bond donors (Lipinski definition) is 2. The maximum atomic E-state index is 12.5. The molecule has 6 heteroatoms. The molecule has 0 amide bonds. The molecule has 2 fully saturated rings. The minimum atomic E-state index is -0.639. The third-order valence-electron chi connectivity index (χ3n) is 7.04. The summed E-state index contributed by atoms with van der Waals surface area (Å²) in [5.74, 6) is -0.201. The largest absolute Gasteiger partial charge is 0.469 e. The molecule has 2 N–H and O–H groups in total. The molecule has 0 radical (unpaired) electrons. The molecule has 3 heterocycles. The number of aliphatic hydroxyl groups excluding tert-OH is 1. The first-order valence-corrected chi connectivity index (χ1v) is 10.7. The van der Waals surface area contributed by atoms with Crippen molar-refractivity contribution in [3.63, 3.8) is 0 Å². The number of halogens is 1. The first kappa shape index (κ1) is 17.7. The molecule has 144 valence electrons. The van der Waals surface area contributed by atoms with Gasteiger partial charge < -0.3 is 14.8 Å². The molecule has 0 unspecified atom stereocenters. The molecule has 0 spiro atoms. The summed E-state index contributed by atoms with van der Waals surface area (Å²) in [4.78, 5) is 18.9. The zero-order chi connectivity index (χ0) is 18.7. The molecule has 1 saturated carbocycles. The molecule has 0 bridgehead atoms. The van der Waals surface area contributed by atoms with E-state index in [1.807, 2.05) is 0 Å². The molecule has 2 aliphatic heterocycles. The van der Waals surface area contributed by atoms with Gasteiger partial charge in [0.05, 0.1) is 25.2 Å². The number of benzene rings is 1. The molecule has 27 heavy (non-hydrogen) atoms. The van der Waals surface area contributed by atoms with Crippen molar-refractivity contribution in [1.29, 1.82) is 0 Å². The van der Waals surface area contributed by atoms with Crippen LogP contribution in [-0.4, -0.2) is 52.1 Å². The molecule has 3 aliphatic rings. The third kappa shape index (κ3) is 2.68. The number of methoxy groups -OCH3 is 1. The van der Waals surface area contributed by atoms with Crippen molar-refractivity contribution >= 4 is 32.8 Å². The lowest BCUT2D eigenvalue weighted by Crippen LogP contribution is -2.56. The number of carbonyl (C=O) groups excluding carboxylic acids is 1. The van der Waals surface area contributed by atoms with E-state index in [9.17, 15) is 9.90 Å². The number of para-hydroxylation sites is 1. The Labute approximate surface area is 167 Å². The Balaban J connectivity index is 1.54. The Morgan fingerprint density at radius 3 is 2.93 bits per heavy atom. The lowest BCUT2D eigenvalue weighted by Gasteiger charge is -2.52. The predicted molar refractivity (Wildman–Crippen MR) is 107 cm³/mol. The van der Waals surface area contributed by atoms with Crippen molar-refractivity contribution in [3.8, 4) is 0 Å². The Hall–Kier alpha value is -1.37. The fourth-order valence-electron chi connectivity index (χ4n) is 5.79. The molecular formula is C21H25BrN2O3. The average Bonchev–Trinajstić information content (AvgIpc) is 3.06. The van der Waals surface area contributed by atoms with Crippen molar-refractivity contribution < 1.29 is 14.6 Å². The minimum absolute atomic E-state index is 0.129. The third-order valence-corrected chi connectivity index (χ3v) is 8.09. The highest BCUT2D eigenvalue weighted by molar-refractivity contribution is 9.09. The van der Waals surface area contributed by atoms with E-state index >= 15 is 0 Å². The summed E-state index contributed by atoms with van der Waals surface area (Å²) in [7, 11) is 1.43. The monoisotopic (exact) mass is 432 g/mol. The van der Waals surface area contributed by atoms with Crippen molar-refractivity contribution in [2.75, 3.05) is 20.2 Å². The van der Waals surface area contributed by atoms with Gasteiger partial charge in [-0.3, -0.25) is 9.69 Å². The van der Waals surface area contributed by atoms with Gasteiger partial charge in [0.25, 0.3) is 0 Å². The Morgan fingerprint density at radius 1 is 1.30 bits per heavy atom. The lowest BCUT2D eigenvalue weighted by molar-refractivity contribution is -0.159. The van der Waals surface area contributed by atoms with Gasteiger partial charge in [-0.1, -0.05) is 34.1 Å². The number of alkyl halides is 1. The molecule has 1 aromatic carbocycles. The van der Waals surface area contributed by atoms with Crippen LogP contribution < -0.4 is 0 Å². The smallest absolute Gasteiger partial charge is 0.311 e. The molecule has 1 aromatic heterocycles. The molecule has 1 saturated heterocycles. The summed E-state index contributed by atoms with van der Waals surface area (Å²) in [5, 5.41) is 12.0. The van der Waals surface area contributed by atoms with Crippen LogP contribution in [0.25, 0.3) is 10.9 Å². The predicted octanol–water partition coefficient (Wildman–Crippen LogP) is 3.02. The van der Waals surface area contributed by atoms with Gasteiger partial charge in [0, 0.05) is 34.5 Å². The highest BCUT2D eigenvalue weighted by Gasteiger charge is 2.52. The number of ether oxygens (including phenoxy) is 1. The van der Waals surface area contributed by atoms with Crippen LogP contribution in [0.1, 0.15) is 30.1 Å². The lowest BCUT2D eigenvalue weighted by atomic mass is 9.65. The second-order valence-corrected chi connectivity index (χ2v) is 9.43. The van der Waals surface area contributed by atoms with Crippen LogP contribution in [0.3, 0.4) is 0 Å². The molecule has 6 atom stereocenters. The number of hydrogen-bond acceptors (Lipinski definition) is 4. The fraction of sp³-hybridized carbons (Fsp3) is 0.571.